The van der Waals surface area contributed by atoms with Crippen molar-refractivity contribution in [1.82, 2.24) is 0 Å². The summed E-state index contributed by atoms with van der Waals surface area (Å²) >= 11 is 0. The Labute approximate surface area is 180 Å². The summed E-state index contributed by atoms with van der Waals surface area (Å²) in [5.41, 5.74) is 1.86. The third-order valence-electron chi connectivity index (χ3n) is 5.19. The van der Waals surface area contributed by atoms with E-state index in [1.54, 1.807) is 42.5 Å². The number of methoxy groups -OCH3 is 1. The van der Waals surface area contributed by atoms with Gasteiger partial charge in [0, 0.05) is 11.1 Å². The van der Waals surface area contributed by atoms with Crippen LogP contribution in [0.2, 0.25) is 0 Å². The summed E-state index contributed by atoms with van der Waals surface area (Å²) in [5.74, 6) is -3.85. The highest BCUT2D eigenvalue weighted by atomic mass is 19.2. The summed E-state index contributed by atoms with van der Waals surface area (Å²) in [7, 11) is 1.27. The van der Waals surface area contributed by atoms with Crippen molar-refractivity contribution in [1.29, 1.82) is 0 Å². The van der Waals surface area contributed by atoms with Gasteiger partial charge in [0.15, 0.2) is 23.2 Å². The summed E-state index contributed by atoms with van der Waals surface area (Å²) in [6, 6.07) is 12.7. The Hall–Kier alpha value is -3.08. The van der Waals surface area contributed by atoms with Gasteiger partial charge in [-0.1, -0.05) is 68.3 Å². The van der Waals surface area contributed by atoms with Crippen LogP contribution in [-0.2, 0) is 6.42 Å². The number of rotatable bonds is 8. The molecule has 3 aromatic rings. The van der Waals surface area contributed by atoms with Gasteiger partial charge in [-0.2, -0.15) is 4.39 Å². The predicted molar refractivity (Wildman–Crippen MR) is 117 cm³/mol. The van der Waals surface area contributed by atoms with Gasteiger partial charge in [-0.15, -0.1) is 0 Å². The Kier molecular flexibility index (Phi) is 7.50. The fraction of sp³-hybridized carbons (Fsp3) is 0.231. The van der Waals surface area contributed by atoms with Crippen LogP contribution in [0.3, 0.4) is 0 Å². The molecule has 3 aromatic carbocycles. The van der Waals surface area contributed by atoms with Crippen molar-refractivity contribution in [2.45, 2.75) is 32.6 Å². The molecule has 162 valence electrons. The van der Waals surface area contributed by atoms with Crippen LogP contribution in [-0.4, -0.2) is 7.11 Å². The number of unbranched alkanes of at least 4 members (excludes halogenated alkanes) is 2. The maximum absolute atomic E-state index is 14.4. The lowest BCUT2D eigenvalue weighted by Crippen LogP contribution is -1.97. The van der Waals surface area contributed by atoms with E-state index >= 15 is 0 Å². The van der Waals surface area contributed by atoms with Crippen LogP contribution in [0.4, 0.5) is 17.6 Å². The van der Waals surface area contributed by atoms with E-state index in [4.69, 9.17) is 4.74 Å². The molecule has 0 N–H and O–H groups in total. The lowest BCUT2D eigenvalue weighted by Gasteiger charge is -2.08. The number of benzene rings is 3. The minimum absolute atomic E-state index is 0.112. The van der Waals surface area contributed by atoms with Gasteiger partial charge in [0.25, 0.3) is 0 Å². The molecule has 0 fully saturated rings. The summed E-state index contributed by atoms with van der Waals surface area (Å²) in [5, 5.41) is 0. The van der Waals surface area contributed by atoms with Crippen LogP contribution in [0, 0.1) is 23.3 Å². The zero-order valence-corrected chi connectivity index (χ0v) is 17.5. The van der Waals surface area contributed by atoms with Gasteiger partial charge in [-0.25, -0.2) is 13.2 Å². The van der Waals surface area contributed by atoms with Crippen LogP contribution in [0.1, 0.15) is 42.9 Å². The fourth-order valence-electron chi connectivity index (χ4n) is 3.36. The molecule has 0 heterocycles. The predicted octanol–water partition coefficient (Wildman–Crippen LogP) is 7.82. The molecule has 0 atom stereocenters. The van der Waals surface area contributed by atoms with Crippen molar-refractivity contribution in [2.75, 3.05) is 7.11 Å². The third kappa shape index (κ3) is 5.16. The van der Waals surface area contributed by atoms with Crippen LogP contribution >= 0.6 is 0 Å². The second kappa shape index (κ2) is 10.3. The molecular weight excluding hydrogens is 404 g/mol. The van der Waals surface area contributed by atoms with Gasteiger partial charge in [0.1, 0.15) is 0 Å². The Morgan fingerprint density at radius 1 is 0.742 bits per heavy atom. The van der Waals surface area contributed by atoms with E-state index in [0.717, 1.165) is 19.3 Å². The first kappa shape index (κ1) is 22.6. The van der Waals surface area contributed by atoms with E-state index in [9.17, 15) is 17.6 Å². The Bertz CT molecular complexity index is 1070. The Morgan fingerprint density at radius 3 is 2.16 bits per heavy atom. The molecule has 0 spiro atoms. The highest BCUT2D eigenvalue weighted by Gasteiger charge is 2.15. The van der Waals surface area contributed by atoms with Crippen molar-refractivity contribution in [3.8, 4) is 16.9 Å². The highest BCUT2D eigenvalue weighted by molar-refractivity contribution is 5.73. The molecule has 0 aliphatic carbocycles. The quantitative estimate of drug-likeness (QED) is 0.202. The van der Waals surface area contributed by atoms with Crippen molar-refractivity contribution < 1.29 is 22.3 Å². The standard InChI is InChI=1S/C26H24F4O/c1-3-4-5-6-19-13-14-20(24(28)23(19)27)12-9-17-7-10-18(11-8-17)21-15-16-22(31-2)26(30)25(21)29/h7-16H,3-6H2,1-2H3. The lowest BCUT2D eigenvalue weighted by molar-refractivity contribution is 0.372. The molecule has 5 heteroatoms. The maximum atomic E-state index is 14.4. The first-order valence-corrected chi connectivity index (χ1v) is 10.2. The van der Waals surface area contributed by atoms with E-state index in [-0.39, 0.29) is 16.9 Å². The molecule has 0 unspecified atom stereocenters. The monoisotopic (exact) mass is 428 g/mol. The zero-order valence-electron chi connectivity index (χ0n) is 17.5. The fourth-order valence-corrected chi connectivity index (χ4v) is 3.36. The number of aryl methyl sites for hydroxylation is 1. The molecule has 0 saturated heterocycles. The summed E-state index contributed by atoms with van der Waals surface area (Å²) < 4.78 is 61.7. The van der Waals surface area contributed by atoms with Gasteiger partial charge < -0.3 is 4.74 Å². The number of hydrogen-bond donors (Lipinski definition) is 0. The summed E-state index contributed by atoms with van der Waals surface area (Å²) in [6.45, 7) is 2.06. The van der Waals surface area contributed by atoms with E-state index in [1.807, 2.05) is 0 Å². The first-order chi connectivity index (χ1) is 15.0. The van der Waals surface area contributed by atoms with Gasteiger partial charge in [-0.3, -0.25) is 0 Å². The van der Waals surface area contributed by atoms with Crippen molar-refractivity contribution in [2.24, 2.45) is 0 Å². The Morgan fingerprint density at radius 2 is 1.48 bits per heavy atom. The minimum Gasteiger partial charge on any atom is -0.494 e. The zero-order chi connectivity index (χ0) is 22.4. The second-order valence-electron chi connectivity index (χ2n) is 7.30. The molecule has 0 saturated carbocycles. The molecule has 0 radical (unpaired) electrons. The molecular formula is C26H24F4O. The molecule has 0 aromatic heterocycles. The molecule has 0 bridgehead atoms. The van der Waals surface area contributed by atoms with Gasteiger partial charge in [0.05, 0.1) is 7.11 Å². The normalized spacial score (nSPS) is 11.3. The maximum Gasteiger partial charge on any atom is 0.201 e. The molecule has 0 amide bonds. The van der Waals surface area contributed by atoms with Gasteiger partial charge in [0.2, 0.25) is 5.82 Å². The molecule has 31 heavy (non-hydrogen) atoms. The van der Waals surface area contributed by atoms with Crippen molar-refractivity contribution >= 4 is 12.2 Å². The van der Waals surface area contributed by atoms with Crippen molar-refractivity contribution in [3.63, 3.8) is 0 Å². The minimum atomic E-state index is -1.04. The average Bonchev–Trinajstić information content (AvgIpc) is 2.78. The SMILES string of the molecule is CCCCCc1ccc(C=Cc2ccc(-c3ccc(OC)c(F)c3F)cc2)c(F)c1F. The van der Waals surface area contributed by atoms with Crippen LogP contribution in [0.5, 0.6) is 5.75 Å². The summed E-state index contributed by atoms with van der Waals surface area (Å²) in [6.07, 6.45) is 6.48. The smallest absolute Gasteiger partial charge is 0.201 e. The average molecular weight is 428 g/mol. The number of hydrogen-bond acceptors (Lipinski definition) is 1. The lowest BCUT2D eigenvalue weighted by atomic mass is 10.0. The van der Waals surface area contributed by atoms with Crippen molar-refractivity contribution in [3.05, 3.63) is 88.5 Å². The van der Waals surface area contributed by atoms with Crippen LogP contribution in [0.15, 0.2) is 48.5 Å². The van der Waals surface area contributed by atoms with Gasteiger partial charge in [-0.05, 0) is 41.7 Å². The molecule has 0 aliphatic rings. The third-order valence-corrected chi connectivity index (χ3v) is 5.19. The van der Waals surface area contributed by atoms with E-state index in [2.05, 4.69) is 6.92 Å². The molecule has 0 aliphatic heterocycles. The molecule has 1 nitrogen and oxygen atoms in total. The number of halogens is 4. The second-order valence-corrected chi connectivity index (χ2v) is 7.30. The van der Waals surface area contributed by atoms with Gasteiger partial charge >= 0.3 is 0 Å². The largest absolute Gasteiger partial charge is 0.494 e. The number of ether oxygens (including phenoxy) is 1. The van der Waals surface area contributed by atoms with Crippen LogP contribution < -0.4 is 4.74 Å². The first-order valence-electron chi connectivity index (χ1n) is 10.2. The topological polar surface area (TPSA) is 9.23 Å². The summed E-state index contributed by atoms with van der Waals surface area (Å²) in [4.78, 5) is 0. The van der Waals surface area contributed by atoms with Crippen LogP contribution in [0.25, 0.3) is 23.3 Å². The molecule has 3 rings (SSSR count). The Balaban J connectivity index is 1.77. The van der Waals surface area contributed by atoms with E-state index in [1.165, 1.54) is 25.3 Å². The van der Waals surface area contributed by atoms with E-state index < -0.39 is 23.3 Å². The van der Waals surface area contributed by atoms with E-state index in [0.29, 0.717) is 23.1 Å². The highest BCUT2D eigenvalue weighted by Crippen LogP contribution is 2.30.